The molecule has 2 aromatic heterocycles. The molecule has 2 saturated heterocycles. The van der Waals surface area contributed by atoms with Crippen LogP contribution in [-0.4, -0.2) is 40.7 Å². The van der Waals surface area contributed by atoms with Crippen molar-refractivity contribution in [2.24, 2.45) is 0 Å². The number of nitrogens with two attached hydrogens (primary N) is 1. The third-order valence-corrected chi connectivity index (χ3v) is 8.50. The standard InChI is InChI=1S/C30H24F5N5O/c1-4-17-19(31)7-5-14-9-15(36)10-18(21(14)17)26-25(32)22-23-28(37-12(2)24(22)30(33,34)35)40-11-16-6-8-20(38-16)27(40)13(3)41-29(23)39-26/h1,5,7,9-10,13,16,20,27,38H,6,8,11,36H2,2-3H3/t13-,16+,20-,27+/m0/s1. The molecule has 0 aliphatic carbocycles. The van der Waals surface area contributed by atoms with Gasteiger partial charge in [0.05, 0.1) is 28.2 Å². The second kappa shape index (κ2) is 8.66. The molecule has 0 saturated carbocycles. The molecule has 0 unspecified atom stereocenters. The van der Waals surface area contributed by atoms with E-state index in [0.29, 0.717) is 11.9 Å². The molecule has 2 aromatic carbocycles. The van der Waals surface area contributed by atoms with E-state index >= 15 is 4.39 Å². The second-order valence-electron chi connectivity index (χ2n) is 11.0. The predicted octanol–water partition coefficient (Wildman–Crippen LogP) is 5.71. The van der Waals surface area contributed by atoms with Crippen molar-refractivity contribution in [2.45, 2.75) is 57.1 Å². The number of anilines is 2. The van der Waals surface area contributed by atoms with Crippen LogP contribution in [0.4, 0.5) is 33.5 Å². The molecule has 6 nitrogen and oxygen atoms in total. The lowest BCUT2D eigenvalue weighted by atomic mass is 9.94. The number of alkyl halides is 3. The number of nitrogen functional groups attached to an aromatic ring is 1. The molecule has 4 atom stereocenters. The summed E-state index contributed by atoms with van der Waals surface area (Å²) in [6.07, 6.45) is 1.92. The Kier molecular flexibility index (Phi) is 5.45. The minimum absolute atomic E-state index is 0.0147. The number of rotatable bonds is 1. The zero-order valence-corrected chi connectivity index (χ0v) is 22.0. The molecule has 0 amide bonds. The molecule has 4 aromatic rings. The summed E-state index contributed by atoms with van der Waals surface area (Å²) in [5.74, 6) is 0.323. The molecule has 2 fully saturated rings. The summed E-state index contributed by atoms with van der Waals surface area (Å²) < 4.78 is 81.8. The minimum Gasteiger partial charge on any atom is -0.472 e. The molecule has 3 aliphatic heterocycles. The van der Waals surface area contributed by atoms with Crippen LogP contribution in [0.3, 0.4) is 0 Å². The molecule has 210 valence electrons. The highest BCUT2D eigenvalue weighted by atomic mass is 19.4. The Morgan fingerprint density at radius 2 is 1.90 bits per heavy atom. The van der Waals surface area contributed by atoms with E-state index in [1.165, 1.54) is 25.1 Å². The zero-order chi connectivity index (χ0) is 29.0. The Labute approximate surface area is 231 Å². The van der Waals surface area contributed by atoms with Crippen LogP contribution in [0.25, 0.3) is 32.8 Å². The first-order valence-corrected chi connectivity index (χ1v) is 13.3. The van der Waals surface area contributed by atoms with Crippen molar-refractivity contribution in [1.29, 1.82) is 0 Å². The van der Waals surface area contributed by atoms with Gasteiger partial charge in [-0.3, -0.25) is 0 Å². The van der Waals surface area contributed by atoms with Crippen molar-refractivity contribution in [1.82, 2.24) is 15.3 Å². The van der Waals surface area contributed by atoms with Crippen LogP contribution in [0.1, 0.15) is 36.6 Å². The van der Waals surface area contributed by atoms with Gasteiger partial charge in [-0.1, -0.05) is 12.0 Å². The average Bonchev–Trinajstić information content (AvgIpc) is 3.23. The highest BCUT2D eigenvalue weighted by Gasteiger charge is 2.48. The largest absolute Gasteiger partial charge is 0.472 e. The first-order valence-electron chi connectivity index (χ1n) is 13.3. The summed E-state index contributed by atoms with van der Waals surface area (Å²) in [6.45, 7) is 3.52. The number of terminal acetylenes is 1. The number of nitrogens with zero attached hydrogens (tertiary/aromatic N) is 3. The van der Waals surface area contributed by atoms with Crippen molar-refractivity contribution in [3.05, 3.63) is 52.7 Å². The predicted molar refractivity (Wildman–Crippen MR) is 146 cm³/mol. The van der Waals surface area contributed by atoms with Gasteiger partial charge in [0.15, 0.2) is 5.82 Å². The number of piperazine rings is 1. The summed E-state index contributed by atoms with van der Waals surface area (Å²) in [5, 5.41) is 3.21. The highest BCUT2D eigenvalue weighted by molar-refractivity contribution is 6.06. The van der Waals surface area contributed by atoms with E-state index < -0.39 is 40.6 Å². The van der Waals surface area contributed by atoms with Gasteiger partial charge in [0.25, 0.3) is 0 Å². The maximum Gasteiger partial charge on any atom is 0.418 e. The lowest BCUT2D eigenvalue weighted by Crippen LogP contribution is -2.62. The third-order valence-electron chi connectivity index (χ3n) is 8.50. The number of nitrogens with one attached hydrogen (secondary N) is 1. The number of halogens is 5. The minimum atomic E-state index is -4.94. The van der Waals surface area contributed by atoms with Gasteiger partial charge >= 0.3 is 6.18 Å². The summed E-state index contributed by atoms with van der Waals surface area (Å²) >= 11 is 0. The second-order valence-corrected chi connectivity index (χ2v) is 11.0. The Morgan fingerprint density at radius 1 is 1.12 bits per heavy atom. The maximum absolute atomic E-state index is 16.8. The first kappa shape index (κ1) is 25.8. The van der Waals surface area contributed by atoms with Crippen LogP contribution in [0.15, 0.2) is 24.3 Å². The van der Waals surface area contributed by atoms with Crippen LogP contribution in [0.5, 0.6) is 5.88 Å². The van der Waals surface area contributed by atoms with Gasteiger partial charge in [0, 0.05) is 40.7 Å². The van der Waals surface area contributed by atoms with Gasteiger partial charge in [-0.15, -0.1) is 6.42 Å². The van der Waals surface area contributed by atoms with Crippen LogP contribution < -0.4 is 20.7 Å². The van der Waals surface area contributed by atoms with Gasteiger partial charge in [-0.05, 0) is 50.3 Å². The van der Waals surface area contributed by atoms with Crippen molar-refractivity contribution in [3.63, 3.8) is 0 Å². The molecule has 3 N–H and O–H groups in total. The molecule has 0 radical (unpaired) electrons. The Balaban J connectivity index is 1.63. The topological polar surface area (TPSA) is 76.3 Å². The number of aromatic nitrogens is 2. The molecule has 2 bridgehead atoms. The first-order chi connectivity index (χ1) is 19.5. The highest BCUT2D eigenvalue weighted by Crippen LogP contribution is 2.49. The van der Waals surface area contributed by atoms with Crippen LogP contribution >= 0.6 is 0 Å². The van der Waals surface area contributed by atoms with E-state index in [0.717, 1.165) is 18.9 Å². The lowest BCUT2D eigenvalue weighted by Gasteiger charge is -2.43. The van der Waals surface area contributed by atoms with E-state index in [1.807, 2.05) is 11.8 Å². The van der Waals surface area contributed by atoms with Crippen LogP contribution in [0, 0.1) is 30.9 Å². The van der Waals surface area contributed by atoms with Gasteiger partial charge < -0.3 is 20.7 Å². The lowest BCUT2D eigenvalue weighted by molar-refractivity contribution is -0.137. The van der Waals surface area contributed by atoms with Crippen molar-refractivity contribution in [2.75, 3.05) is 17.2 Å². The van der Waals surface area contributed by atoms with E-state index in [2.05, 4.69) is 21.2 Å². The number of hydrogen-bond acceptors (Lipinski definition) is 6. The number of hydrogen-bond donors (Lipinski definition) is 2. The fourth-order valence-electron chi connectivity index (χ4n) is 6.94. The van der Waals surface area contributed by atoms with Gasteiger partial charge in [0.1, 0.15) is 23.4 Å². The summed E-state index contributed by atoms with van der Waals surface area (Å²) in [7, 11) is 0. The van der Waals surface area contributed by atoms with Crippen LogP contribution in [0.2, 0.25) is 0 Å². The average molecular weight is 566 g/mol. The normalized spacial score (nSPS) is 23.3. The quantitative estimate of drug-likeness (QED) is 0.175. The fourth-order valence-corrected chi connectivity index (χ4v) is 6.94. The molecule has 7 rings (SSSR count). The van der Waals surface area contributed by atoms with Crippen molar-refractivity contribution < 1.29 is 26.7 Å². The number of pyridine rings is 2. The maximum atomic E-state index is 16.8. The van der Waals surface area contributed by atoms with Crippen molar-refractivity contribution in [3.8, 4) is 29.5 Å². The van der Waals surface area contributed by atoms with Gasteiger partial charge in [-0.25, -0.2) is 18.7 Å². The number of aryl methyl sites for hydroxylation is 1. The smallest absolute Gasteiger partial charge is 0.418 e. The van der Waals surface area contributed by atoms with E-state index in [4.69, 9.17) is 16.9 Å². The Morgan fingerprint density at radius 3 is 2.63 bits per heavy atom. The fraction of sp³-hybridized carbons (Fsp3) is 0.333. The molecule has 0 spiro atoms. The Bertz CT molecular complexity index is 1830. The van der Waals surface area contributed by atoms with Crippen molar-refractivity contribution >= 4 is 33.1 Å². The van der Waals surface area contributed by atoms with Crippen LogP contribution in [-0.2, 0) is 6.18 Å². The molecule has 11 heteroatoms. The molecular formula is C30H24F5N5O. The molecule has 41 heavy (non-hydrogen) atoms. The molecule has 5 heterocycles. The number of fused-ring (bicyclic) bond motifs is 6. The van der Waals surface area contributed by atoms with Gasteiger partial charge in [0.2, 0.25) is 5.88 Å². The van der Waals surface area contributed by atoms with E-state index in [-0.39, 0.29) is 63.1 Å². The molecular weight excluding hydrogens is 541 g/mol. The summed E-state index contributed by atoms with van der Waals surface area (Å²) in [5.41, 5.74) is 4.01. The van der Waals surface area contributed by atoms with E-state index in [1.54, 1.807) is 0 Å². The summed E-state index contributed by atoms with van der Waals surface area (Å²) in [6, 6.07) is 5.31. The molecule has 3 aliphatic rings. The zero-order valence-electron chi connectivity index (χ0n) is 22.0. The summed E-state index contributed by atoms with van der Waals surface area (Å²) in [4.78, 5) is 10.8. The van der Waals surface area contributed by atoms with E-state index in [9.17, 15) is 17.6 Å². The number of ether oxygens (including phenoxy) is 1. The third kappa shape index (κ3) is 3.66. The van der Waals surface area contributed by atoms with Gasteiger partial charge in [-0.2, -0.15) is 13.2 Å². The monoisotopic (exact) mass is 565 g/mol. The number of benzene rings is 2. The SMILES string of the molecule is C#Cc1c(F)ccc2cc(N)cc(-c3nc4c5c(nc(C)c(C(F)(F)F)c5c3F)N3C[C@H]5CC[C@H](N5)[C@H]3[C@H](C)O4)c12. The Hall–Kier alpha value is -4.17.